The van der Waals surface area contributed by atoms with Crippen LogP contribution in [0.3, 0.4) is 0 Å². The number of hydrogen-bond acceptors (Lipinski definition) is 3. The van der Waals surface area contributed by atoms with Gasteiger partial charge in [-0.2, -0.15) is 0 Å². The molecule has 1 atom stereocenters. The zero-order valence-electron chi connectivity index (χ0n) is 9.75. The molecule has 0 aromatic carbocycles. The van der Waals surface area contributed by atoms with Crippen molar-refractivity contribution in [2.24, 2.45) is 0 Å². The molecule has 14 heavy (non-hydrogen) atoms. The summed E-state index contributed by atoms with van der Waals surface area (Å²) in [4.78, 5) is 0. The molecule has 0 aliphatic heterocycles. The molecule has 0 aliphatic carbocycles. The molecule has 0 saturated heterocycles. The lowest BCUT2D eigenvalue weighted by Crippen LogP contribution is -2.17. The second-order valence-electron chi connectivity index (χ2n) is 4.10. The molecule has 0 bridgehead atoms. The topological polar surface area (TPSA) is 35.5 Å². The summed E-state index contributed by atoms with van der Waals surface area (Å²) < 4.78 is 21.6. The first kappa shape index (κ1) is 13.9. The lowest BCUT2D eigenvalue weighted by molar-refractivity contribution is 0.272. The maximum Gasteiger partial charge on any atom is 0.344 e. The van der Waals surface area contributed by atoms with Crippen LogP contribution in [-0.2, 0) is 13.6 Å². The molecule has 0 amide bonds. The first-order chi connectivity index (χ1) is 6.25. The molecule has 0 rings (SSSR count). The SMILES string of the molecule is COP(=O)(OC)C(C)C#C[Si](C)(C)C. The van der Waals surface area contributed by atoms with E-state index in [0.29, 0.717) is 0 Å². The van der Waals surface area contributed by atoms with Crippen molar-refractivity contribution in [1.29, 1.82) is 0 Å². The highest BCUT2D eigenvalue weighted by molar-refractivity contribution is 7.54. The van der Waals surface area contributed by atoms with Gasteiger partial charge in [-0.15, -0.1) is 5.54 Å². The van der Waals surface area contributed by atoms with E-state index in [-0.39, 0.29) is 5.66 Å². The third-order valence-electron chi connectivity index (χ3n) is 1.64. The van der Waals surface area contributed by atoms with Crippen molar-refractivity contribution in [2.45, 2.75) is 32.2 Å². The van der Waals surface area contributed by atoms with Crippen molar-refractivity contribution >= 4 is 15.7 Å². The van der Waals surface area contributed by atoms with E-state index in [1.165, 1.54) is 14.2 Å². The Hall–Kier alpha value is -0.0731. The molecule has 0 N–H and O–H groups in total. The van der Waals surface area contributed by atoms with Gasteiger partial charge in [-0.25, -0.2) is 0 Å². The summed E-state index contributed by atoms with van der Waals surface area (Å²) >= 11 is 0. The fraction of sp³-hybridized carbons (Fsp3) is 0.778. The highest BCUT2D eigenvalue weighted by Gasteiger charge is 2.28. The molecule has 0 saturated carbocycles. The van der Waals surface area contributed by atoms with E-state index < -0.39 is 15.7 Å². The van der Waals surface area contributed by atoms with Crippen molar-refractivity contribution in [3.05, 3.63) is 0 Å². The Morgan fingerprint density at radius 1 is 1.21 bits per heavy atom. The molecule has 0 aromatic rings. The Morgan fingerprint density at radius 3 is 1.93 bits per heavy atom. The maximum atomic E-state index is 11.8. The highest BCUT2D eigenvalue weighted by Crippen LogP contribution is 2.51. The average Bonchev–Trinajstić information content (AvgIpc) is 2.11. The van der Waals surface area contributed by atoms with Crippen LogP contribution in [-0.4, -0.2) is 28.0 Å². The smallest absolute Gasteiger partial charge is 0.311 e. The van der Waals surface area contributed by atoms with Gasteiger partial charge in [-0.05, 0) is 6.92 Å². The second-order valence-corrected chi connectivity index (χ2v) is 11.4. The first-order valence-electron chi connectivity index (χ1n) is 4.49. The third kappa shape index (κ3) is 4.43. The number of rotatable bonds is 3. The molecule has 82 valence electrons. The minimum absolute atomic E-state index is 0.357. The quantitative estimate of drug-likeness (QED) is 0.428. The summed E-state index contributed by atoms with van der Waals surface area (Å²) in [6.45, 7) is 8.17. The predicted octanol–water partition coefficient (Wildman–Crippen LogP) is 2.74. The van der Waals surface area contributed by atoms with E-state index in [4.69, 9.17) is 9.05 Å². The van der Waals surface area contributed by atoms with Crippen LogP contribution < -0.4 is 0 Å². The van der Waals surface area contributed by atoms with Gasteiger partial charge in [0.25, 0.3) is 0 Å². The molecule has 0 aliphatic rings. The van der Waals surface area contributed by atoms with Crippen LogP contribution in [0.1, 0.15) is 6.92 Å². The van der Waals surface area contributed by atoms with Crippen molar-refractivity contribution in [2.75, 3.05) is 14.2 Å². The Balaban J connectivity index is 4.69. The van der Waals surface area contributed by atoms with Gasteiger partial charge in [-0.1, -0.05) is 25.6 Å². The van der Waals surface area contributed by atoms with Gasteiger partial charge >= 0.3 is 7.60 Å². The Bertz CT molecular complexity index is 277. The molecule has 0 heterocycles. The first-order valence-corrected chi connectivity index (χ1v) is 9.60. The molecule has 0 aromatic heterocycles. The molecular formula is C9H19O3PSi. The lowest BCUT2D eigenvalue weighted by atomic mass is 10.5. The minimum Gasteiger partial charge on any atom is -0.311 e. The van der Waals surface area contributed by atoms with E-state index >= 15 is 0 Å². The summed E-state index contributed by atoms with van der Waals surface area (Å²) in [5, 5.41) is 0. The molecule has 3 nitrogen and oxygen atoms in total. The molecule has 1 unspecified atom stereocenters. The monoisotopic (exact) mass is 234 g/mol. The van der Waals surface area contributed by atoms with Crippen molar-refractivity contribution in [3.63, 3.8) is 0 Å². The van der Waals surface area contributed by atoms with Crippen LogP contribution in [0.15, 0.2) is 0 Å². The highest BCUT2D eigenvalue weighted by atomic mass is 31.2. The van der Waals surface area contributed by atoms with Crippen molar-refractivity contribution < 1.29 is 13.6 Å². The summed E-state index contributed by atoms with van der Waals surface area (Å²) in [6.07, 6.45) is 0. The van der Waals surface area contributed by atoms with Gasteiger partial charge in [0, 0.05) is 14.2 Å². The van der Waals surface area contributed by atoms with Crippen LogP contribution in [0.25, 0.3) is 0 Å². The molecule has 0 spiro atoms. The van der Waals surface area contributed by atoms with Crippen LogP contribution in [0, 0.1) is 11.5 Å². The van der Waals surface area contributed by atoms with Gasteiger partial charge in [0.05, 0.1) is 0 Å². The third-order valence-corrected chi connectivity index (χ3v) is 4.63. The van der Waals surface area contributed by atoms with Gasteiger partial charge in [0.2, 0.25) is 0 Å². The normalized spacial score (nSPS) is 14.4. The maximum absolute atomic E-state index is 11.8. The fourth-order valence-corrected chi connectivity index (χ4v) is 2.57. The largest absolute Gasteiger partial charge is 0.344 e. The molecular weight excluding hydrogens is 215 g/mol. The van der Waals surface area contributed by atoms with Crippen LogP contribution in [0.2, 0.25) is 19.6 Å². The summed E-state index contributed by atoms with van der Waals surface area (Å²) in [5.74, 6) is 2.96. The van der Waals surface area contributed by atoms with Crippen LogP contribution >= 0.6 is 7.60 Å². The summed E-state index contributed by atoms with van der Waals surface area (Å²) in [6, 6.07) is 0. The predicted molar refractivity (Wildman–Crippen MR) is 62.2 cm³/mol. The Morgan fingerprint density at radius 2 is 1.64 bits per heavy atom. The van der Waals surface area contributed by atoms with E-state index in [0.717, 1.165) is 0 Å². The minimum atomic E-state index is -3.01. The van der Waals surface area contributed by atoms with Gasteiger partial charge < -0.3 is 9.05 Å². The van der Waals surface area contributed by atoms with E-state index in [2.05, 4.69) is 31.1 Å². The molecule has 0 radical (unpaired) electrons. The van der Waals surface area contributed by atoms with E-state index in [9.17, 15) is 4.57 Å². The van der Waals surface area contributed by atoms with Crippen molar-refractivity contribution in [3.8, 4) is 11.5 Å². The average molecular weight is 234 g/mol. The van der Waals surface area contributed by atoms with Gasteiger partial charge in [-0.3, -0.25) is 4.57 Å². The Kier molecular flexibility index (Phi) is 5.11. The molecule has 0 fully saturated rings. The van der Waals surface area contributed by atoms with Gasteiger partial charge in [0.1, 0.15) is 13.7 Å². The second kappa shape index (κ2) is 5.13. The van der Waals surface area contributed by atoms with E-state index in [1.54, 1.807) is 6.92 Å². The fourth-order valence-electron chi connectivity index (χ4n) is 0.791. The summed E-state index contributed by atoms with van der Waals surface area (Å²) in [5.41, 5.74) is 2.80. The van der Waals surface area contributed by atoms with Crippen LogP contribution in [0.5, 0.6) is 0 Å². The Labute approximate surface area is 87.7 Å². The zero-order chi connectivity index (χ0) is 11.4. The standard InChI is InChI=1S/C9H19O3PSi/c1-9(7-8-14(4,5)6)13(10,11-2)12-3/h9H,1-6H3. The van der Waals surface area contributed by atoms with Gasteiger partial charge in [0.15, 0.2) is 0 Å². The van der Waals surface area contributed by atoms with Crippen molar-refractivity contribution in [1.82, 2.24) is 0 Å². The molecule has 5 heteroatoms. The lowest BCUT2D eigenvalue weighted by Gasteiger charge is -2.16. The zero-order valence-corrected chi connectivity index (χ0v) is 11.6. The number of hydrogen-bond donors (Lipinski definition) is 0. The van der Waals surface area contributed by atoms with E-state index in [1.807, 2.05) is 0 Å². The summed E-state index contributed by atoms with van der Waals surface area (Å²) in [7, 11) is -1.66. The van der Waals surface area contributed by atoms with Crippen LogP contribution in [0.4, 0.5) is 0 Å².